The van der Waals surface area contributed by atoms with Crippen LogP contribution in [0, 0.1) is 19.7 Å². The second-order valence-corrected chi connectivity index (χ2v) is 7.02. The number of carbonyl (C=O) groups is 2. The Labute approximate surface area is 182 Å². The first-order valence-electron chi connectivity index (χ1n) is 9.42. The van der Waals surface area contributed by atoms with Gasteiger partial charge in [-0.25, -0.2) is 13.9 Å². The van der Waals surface area contributed by atoms with Crippen LogP contribution in [-0.4, -0.2) is 32.9 Å². The highest BCUT2D eigenvalue weighted by atomic mass is 35.5. The summed E-state index contributed by atoms with van der Waals surface area (Å²) in [7, 11) is 0. The van der Waals surface area contributed by atoms with E-state index in [1.807, 2.05) is 0 Å². The quantitative estimate of drug-likeness (QED) is 0.430. The summed E-state index contributed by atoms with van der Waals surface area (Å²) in [6.07, 6.45) is 1.89. The summed E-state index contributed by atoms with van der Waals surface area (Å²) in [6.45, 7) is 5.12. The molecule has 1 amide bonds. The number of rotatable bonds is 7. The zero-order valence-corrected chi connectivity index (χ0v) is 17.8. The first kappa shape index (κ1) is 22.2. The van der Waals surface area contributed by atoms with Gasteiger partial charge in [0.25, 0.3) is 5.91 Å². The summed E-state index contributed by atoms with van der Waals surface area (Å²) >= 11 is 6.39. The first-order valence-corrected chi connectivity index (χ1v) is 9.80. The summed E-state index contributed by atoms with van der Waals surface area (Å²) in [5, 5.41) is 10.8. The predicted molar refractivity (Wildman–Crippen MR) is 112 cm³/mol. The molecule has 0 saturated heterocycles. The zero-order chi connectivity index (χ0) is 22.5. The van der Waals surface area contributed by atoms with Crippen molar-refractivity contribution in [2.75, 3.05) is 5.32 Å². The van der Waals surface area contributed by atoms with Crippen LogP contribution in [0.1, 0.15) is 30.4 Å². The van der Waals surface area contributed by atoms with E-state index < -0.39 is 18.0 Å². The maximum absolute atomic E-state index is 13.1. The minimum Gasteiger partial charge on any atom is -0.449 e. The molecule has 1 aromatic carbocycles. The topological polar surface area (TPSA) is 99.2 Å². The molecule has 8 nitrogen and oxygen atoms in total. The molecule has 0 spiro atoms. The fourth-order valence-corrected chi connectivity index (χ4v) is 3.07. The summed E-state index contributed by atoms with van der Waals surface area (Å²) < 4.78 is 24.7. The van der Waals surface area contributed by atoms with Gasteiger partial charge in [0, 0.05) is 17.7 Å². The van der Waals surface area contributed by atoms with Crippen molar-refractivity contribution in [3.8, 4) is 5.69 Å². The van der Waals surface area contributed by atoms with Gasteiger partial charge < -0.3 is 14.6 Å². The number of hydrogen-bond acceptors (Lipinski definition) is 6. The van der Waals surface area contributed by atoms with E-state index >= 15 is 0 Å². The number of aryl methyl sites for hydroxylation is 2. The number of carbonyl (C=O) groups excluding carboxylic acids is 2. The third-order valence-corrected chi connectivity index (χ3v) is 4.67. The number of amides is 1. The molecule has 10 heteroatoms. The maximum Gasteiger partial charge on any atom is 0.331 e. The monoisotopic (exact) mass is 446 g/mol. The maximum atomic E-state index is 13.1. The van der Waals surface area contributed by atoms with Crippen LogP contribution in [-0.2, 0) is 14.3 Å². The first-order chi connectivity index (χ1) is 14.8. The van der Waals surface area contributed by atoms with E-state index in [0.717, 1.165) is 0 Å². The molecule has 1 atom stereocenters. The molecule has 162 valence electrons. The van der Waals surface area contributed by atoms with Crippen molar-refractivity contribution < 1.29 is 23.2 Å². The second-order valence-electron chi connectivity index (χ2n) is 6.66. The van der Waals surface area contributed by atoms with Crippen molar-refractivity contribution in [3.63, 3.8) is 0 Å². The highest BCUT2D eigenvalue weighted by molar-refractivity contribution is 6.31. The molecule has 1 N–H and O–H groups in total. The van der Waals surface area contributed by atoms with E-state index in [0.29, 0.717) is 22.7 Å². The number of aromatic nitrogens is 3. The molecule has 3 rings (SSSR count). The van der Waals surface area contributed by atoms with Gasteiger partial charge in [-0.3, -0.25) is 4.79 Å². The van der Waals surface area contributed by atoms with Crippen LogP contribution in [0.3, 0.4) is 0 Å². The number of benzene rings is 1. The molecule has 0 aliphatic carbocycles. The zero-order valence-electron chi connectivity index (χ0n) is 17.1. The van der Waals surface area contributed by atoms with Crippen molar-refractivity contribution >= 4 is 35.4 Å². The Morgan fingerprint density at radius 1 is 1.32 bits per heavy atom. The molecule has 0 aliphatic rings. The van der Waals surface area contributed by atoms with Gasteiger partial charge in [-0.2, -0.15) is 5.10 Å². The van der Waals surface area contributed by atoms with Gasteiger partial charge in [0.15, 0.2) is 11.9 Å². The van der Waals surface area contributed by atoms with Crippen LogP contribution in [0.2, 0.25) is 5.15 Å². The van der Waals surface area contributed by atoms with Crippen LogP contribution in [0.15, 0.2) is 40.9 Å². The van der Waals surface area contributed by atoms with Crippen LogP contribution >= 0.6 is 11.6 Å². The fraction of sp³-hybridized carbons (Fsp3) is 0.238. The lowest BCUT2D eigenvalue weighted by molar-refractivity contribution is -0.149. The van der Waals surface area contributed by atoms with Gasteiger partial charge in [-0.1, -0.05) is 23.7 Å². The van der Waals surface area contributed by atoms with E-state index in [-0.39, 0.29) is 23.2 Å². The number of esters is 1. The Morgan fingerprint density at radius 2 is 2.03 bits per heavy atom. The molecule has 0 aliphatic heterocycles. The predicted octanol–water partition coefficient (Wildman–Crippen LogP) is 4.24. The van der Waals surface area contributed by atoms with E-state index in [2.05, 4.69) is 15.6 Å². The molecule has 0 radical (unpaired) electrons. The third-order valence-electron chi connectivity index (χ3n) is 4.31. The van der Waals surface area contributed by atoms with Crippen LogP contribution in [0.4, 0.5) is 10.2 Å². The van der Waals surface area contributed by atoms with Crippen molar-refractivity contribution in [2.24, 2.45) is 0 Å². The number of anilines is 1. The van der Waals surface area contributed by atoms with E-state index in [9.17, 15) is 14.0 Å². The number of ether oxygens (including phenoxy) is 1. The van der Waals surface area contributed by atoms with E-state index in [1.54, 1.807) is 26.8 Å². The van der Waals surface area contributed by atoms with Gasteiger partial charge in [0.05, 0.1) is 11.4 Å². The summed E-state index contributed by atoms with van der Waals surface area (Å²) in [5.41, 5.74) is 1.63. The normalized spacial score (nSPS) is 12.2. The van der Waals surface area contributed by atoms with Crippen molar-refractivity contribution in [1.29, 1.82) is 0 Å². The second kappa shape index (κ2) is 9.57. The number of nitrogens with zero attached hydrogens (tertiary/aromatic N) is 3. The lowest BCUT2D eigenvalue weighted by Crippen LogP contribution is -2.31. The third kappa shape index (κ3) is 5.37. The lowest BCUT2D eigenvalue weighted by atomic mass is 10.2. The van der Waals surface area contributed by atoms with Crippen LogP contribution in [0.25, 0.3) is 11.8 Å². The molecular weight excluding hydrogens is 427 g/mol. The van der Waals surface area contributed by atoms with Crippen molar-refractivity contribution in [1.82, 2.24) is 14.9 Å². The Morgan fingerprint density at radius 3 is 2.65 bits per heavy atom. The highest BCUT2D eigenvalue weighted by Crippen LogP contribution is 2.25. The van der Waals surface area contributed by atoms with Crippen molar-refractivity contribution in [3.05, 3.63) is 64.4 Å². The smallest absolute Gasteiger partial charge is 0.331 e. The number of nitrogens with one attached hydrogen (secondary N) is 1. The molecule has 1 unspecified atom stereocenters. The SMILES string of the molecule is CCC(OC(=O)/C=C/c1c(C)nn(-c2ccc(F)cc2)c1Cl)C(=O)Nc1cc(C)on1. The molecule has 31 heavy (non-hydrogen) atoms. The van der Waals surface area contributed by atoms with E-state index in [1.165, 1.54) is 41.1 Å². The van der Waals surface area contributed by atoms with E-state index in [4.69, 9.17) is 20.9 Å². The Kier molecular flexibility index (Phi) is 6.86. The van der Waals surface area contributed by atoms with Gasteiger partial charge in [-0.05, 0) is 50.6 Å². The van der Waals surface area contributed by atoms with Crippen LogP contribution < -0.4 is 5.32 Å². The molecular formula is C21H20ClFN4O4. The molecule has 2 aromatic heterocycles. The Hall–Kier alpha value is -3.46. The average molecular weight is 447 g/mol. The minimum absolute atomic E-state index is 0.239. The molecule has 0 saturated carbocycles. The lowest BCUT2D eigenvalue weighted by Gasteiger charge is -2.13. The average Bonchev–Trinajstić information content (AvgIpc) is 3.27. The molecule has 2 heterocycles. The standard InChI is InChI=1S/C21H20ClFN4O4/c1-4-17(21(29)24-18-11-12(2)31-26-18)30-19(28)10-9-16-13(3)25-27(20(16)22)15-7-5-14(23)6-8-15/h5-11,17H,4H2,1-3H3,(H,24,26,29)/b10-9+. The largest absolute Gasteiger partial charge is 0.449 e. The molecule has 3 aromatic rings. The molecule has 0 fully saturated rings. The van der Waals surface area contributed by atoms with Gasteiger partial charge >= 0.3 is 5.97 Å². The van der Waals surface area contributed by atoms with Gasteiger partial charge in [0.2, 0.25) is 0 Å². The number of hydrogen-bond donors (Lipinski definition) is 1. The summed E-state index contributed by atoms with van der Waals surface area (Å²) in [6, 6.07) is 7.22. The highest BCUT2D eigenvalue weighted by Gasteiger charge is 2.21. The Bertz CT molecular complexity index is 1120. The Balaban J connectivity index is 1.68. The minimum atomic E-state index is -1.01. The van der Waals surface area contributed by atoms with Gasteiger partial charge in [-0.15, -0.1) is 0 Å². The summed E-state index contributed by atoms with van der Waals surface area (Å²) in [4.78, 5) is 24.5. The van der Waals surface area contributed by atoms with Crippen LogP contribution in [0.5, 0.6) is 0 Å². The molecule has 0 bridgehead atoms. The fourth-order valence-electron chi connectivity index (χ4n) is 2.74. The van der Waals surface area contributed by atoms with Gasteiger partial charge in [0.1, 0.15) is 16.7 Å². The summed E-state index contributed by atoms with van der Waals surface area (Å²) in [5.74, 6) is -0.834. The number of halogens is 2. The van der Waals surface area contributed by atoms with Crippen molar-refractivity contribution in [2.45, 2.75) is 33.3 Å².